The first-order valence-corrected chi connectivity index (χ1v) is 19.0. The summed E-state index contributed by atoms with van der Waals surface area (Å²) in [5.41, 5.74) is 0. The van der Waals surface area contributed by atoms with Gasteiger partial charge in [-0.05, 0) is 36.5 Å². The Morgan fingerprint density at radius 1 is 0.591 bits per heavy atom. The van der Waals surface area contributed by atoms with E-state index >= 15 is 0 Å². The molecule has 0 N–H and O–H groups in total. The molecule has 0 saturated heterocycles. The van der Waals surface area contributed by atoms with Crippen molar-refractivity contribution in [1.82, 2.24) is 0 Å². The van der Waals surface area contributed by atoms with E-state index in [4.69, 9.17) is 0 Å². The summed E-state index contributed by atoms with van der Waals surface area (Å²) >= 11 is 15.8. The molecule has 0 amide bonds. The van der Waals surface area contributed by atoms with E-state index in [1.807, 2.05) is 0 Å². The van der Waals surface area contributed by atoms with E-state index in [0.717, 1.165) is 23.7 Å². The fraction of sp³-hybridized carbons (Fsp3) is 1.00. The molecule has 22 heavy (non-hydrogen) atoms. The molecular weight excluding hydrogens is 568 g/mol. The van der Waals surface area contributed by atoms with Crippen LogP contribution in [0.3, 0.4) is 0 Å². The number of hydrogen-bond acceptors (Lipinski definition) is 0. The summed E-state index contributed by atoms with van der Waals surface area (Å²) in [4.78, 5) is 0. The number of rotatable bonds is 7. The molecule has 0 radical (unpaired) electrons. The van der Waals surface area contributed by atoms with E-state index in [0.29, 0.717) is 0 Å². The molecule has 2 rings (SSSR count). The van der Waals surface area contributed by atoms with Crippen LogP contribution in [0.5, 0.6) is 0 Å². The zero-order valence-electron chi connectivity index (χ0n) is 14.6. The quantitative estimate of drug-likeness (QED) is 0.207. The predicted octanol–water partition coefficient (Wildman–Crippen LogP) is 7.91. The van der Waals surface area contributed by atoms with Crippen LogP contribution in [0.25, 0.3) is 0 Å². The van der Waals surface area contributed by atoms with Crippen molar-refractivity contribution >= 4 is 79.9 Å². The van der Waals surface area contributed by atoms with Crippen molar-refractivity contribution in [2.45, 2.75) is 70.7 Å². The van der Waals surface area contributed by atoms with Gasteiger partial charge >= 0.3 is 0 Å². The average Bonchev–Trinajstić information content (AvgIpc) is 2.94. The van der Waals surface area contributed by atoms with Gasteiger partial charge in [0.25, 0.3) is 0 Å². The zero-order valence-corrected chi connectivity index (χ0v) is 23.0. The Hall–Kier alpha value is 2.35. The van der Waals surface area contributed by atoms with E-state index < -0.39 is 16.1 Å². The van der Waals surface area contributed by atoms with Crippen molar-refractivity contribution in [3.63, 3.8) is 0 Å². The Labute approximate surface area is 172 Å². The molecule has 2 saturated carbocycles. The topological polar surface area (TPSA) is 0 Å². The highest BCUT2D eigenvalue weighted by molar-refractivity contribution is 9.26. The maximum absolute atomic E-state index is 3.96. The Morgan fingerprint density at radius 2 is 0.864 bits per heavy atom. The number of alkyl halides is 4. The monoisotopic (exact) mass is 594 g/mol. The summed E-state index contributed by atoms with van der Waals surface area (Å²) in [6.45, 7) is 14.9. The van der Waals surface area contributed by atoms with E-state index in [9.17, 15) is 0 Å². The third-order valence-corrected chi connectivity index (χ3v) is 13.2. The van der Waals surface area contributed by atoms with Crippen molar-refractivity contribution in [3.05, 3.63) is 0 Å². The first-order chi connectivity index (χ1) is 9.66. The highest BCUT2D eigenvalue weighted by Crippen LogP contribution is 2.70. The van der Waals surface area contributed by atoms with Gasteiger partial charge < -0.3 is 0 Å². The summed E-state index contributed by atoms with van der Waals surface area (Å²) in [6, 6.07) is 2.87. The standard InChI is InChI=1S/C16H30Br4Si2/c1-21(2,3)9-13-11(15(13,17)18)7-8-12-14(16(12,19)20)10-22(4,5)6/h11-14H,7-10H2,1-6H3. The molecule has 0 heterocycles. The highest BCUT2D eigenvalue weighted by Gasteiger charge is 2.65. The van der Waals surface area contributed by atoms with Crippen LogP contribution in [0.15, 0.2) is 0 Å². The molecule has 2 fully saturated rings. The molecule has 0 nitrogen and oxygen atoms in total. The van der Waals surface area contributed by atoms with Crippen molar-refractivity contribution in [3.8, 4) is 0 Å². The number of halogens is 4. The minimum Gasteiger partial charge on any atom is -0.0721 e. The second kappa shape index (κ2) is 6.51. The van der Waals surface area contributed by atoms with Crippen LogP contribution in [0.1, 0.15) is 12.8 Å². The van der Waals surface area contributed by atoms with Crippen molar-refractivity contribution < 1.29 is 0 Å². The summed E-state index contributed by atoms with van der Waals surface area (Å²) in [5, 5.41) is 0. The van der Waals surface area contributed by atoms with Gasteiger partial charge in [-0.1, -0.05) is 115 Å². The third kappa shape index (κ3) is 4.96. The summed E-state index contributed by atoms with van der Waals surface area (Å²) < 4.78 is 0.482. The van der Waals surface area contributed by atoms with Crippen LogP contribution < -0.4 is 0 Å². The highest BCUT2D eigenvalue weighted by atomic mass is 79.9. The molecule has 0 spiro atoms. The fourth-order valence-corrected chi connectivity index (χ4v) is 12.6. The molecule has 0 aromatic carbocycles. The van der Waals surface area contributed by atoms with E-state index in [1.165, 1.54) is 24.9 Å². The third-order valence-electron chi connectivity index (χ3n) is 5.18. The fourth-order valence-electron chi connectivity index (χ4n) is 3.94. The SMILES string of the molecule is C[Si](C)(C)CC1C(CCC2C(C[Si](C)(C)C)C2(Br)Br)C1(Br)Br. The zero-order chi connectivity index (χ0) is 17.1. The minimum absolute atomic E-state index is 0.241. The Bertz CT molecular complexity index is 383. The van der Waals surface area contributed by atoms with Gasteiger partial charge in [-0.25, -0.2) is 0 Å². The molecule has 0 aromatic rings. The lowest BCUT2D eigenvalue weighted by molar-refractivity contribution is 0.565. The molecule has 4 unspecified atom stereocenters. The summed E-state index contributed by atoms with van der Waals surface area (Å²) in [6.07, 6.45) is 2.72. The second-order valence-electron chi connectivity index (χ2n) is 9.88. The van der Waals surface area contributed by atoms with Gasteiger partial charge in [0.05, 0.1) is 6.47 Å². The smallest absolute Gasteiger partial charge is 0.0721 e. The Kier molecular flexibility index (Phi) is 6.11. The predicted molar refractivity (Wildman–Crippen MR) is 121 cm³/mol. The minimum atomic E-state index is -0.976. The van der Waals surface area contributed by atoms with E-state index in [-0.39, 0.29) is 6.47 Å². The molecular formula is C16H30Br4Si2. The van der Waals surface area contributed by atoms with Crippen LogP contribution in [-0.2, 0) is 0 Å². The van der Waals surface area contributed by atoms with Crippen LogP contribution in [0.2, 0.25) is 51.4 Å². The Morgan fingerprint density at radius 3 is 1.09 bits per heavy atom. The van der Waals surface area contributed by atoms with Gasteiger partial charge in [-0.15, -0.1) is 0 Å². The van der Waals surface area contributed by atoms with Gasteiger partial charge in [-0.3, -0.25) is 0 Å². The molecule has 2 aliphatic carbocycles. The maximum atomic E-state index is 3.96. The lowest BCUT2D eigenvalue weighted by Crippen LogP contribution is -2.21. The molecule has 0 aromatic heterocycles. The van der Waals surface area contributed by atoms with Crippen molar-refractivity contribution in [1.29, 1.82) is 0 Å². The first-order valence-electron chi connectivity index (χ1n) is 8.42. The van der Waals surface area contributed by atoms with Gasteiger partial charge in [0.15, 0.2) is 0 Å². The molecule has 2 aliphatic rings. The van der Waals surface area contributed by atoms with Crippen molar-refractivity contribution in [2.24, 2.45) is 23.7 Å². The van der Waals surface area contributed by atoms with Gasteiger partial charge in [0.1, 0.15) is 0 Å². The summed E-state index contributed by atoms with van der Waals surface area (Å²) in [7, 11) is -1.95. The summed E-state index contributed by atoms with van der Waals surface area (Å²) in [5.74, 6) is 3.33. The van der Waals surface area contributed by atoms with Crippen LogP contribution in [0, 0.1) is 23.7 Å². The second-order valence-corrected chi connectivity index (χ2v) is 28.3. The van der Waals surface area contributed by atoms with Gasteiger partial charge in [0.2, 0.25) is 0 Å². The van der Waals surface area contributed by atoms with Crippen LogP contribution >= 0.6 is 63.7 Å². The molecule has 4 atom stereocenters. The lowest BCUT2D eigenvalue weighted by Gasteiger charge is -2.16. The maximum Gasteiger partial charge on any atom is 0.0865 e. The van der Waals surface area contributed by atoms with Crippen LogP contribution in [0.4, 0.5) is 0 Å². The van der Waals surface area contributed by atoms with E-state index in [1.54, 1.807) is 0 Å². The normalized spacial score (nSPS) is 36.3. The molecule has 6 heteroatoms. The molecule has 130 valence electrons. The lowest BCUT2D eigenvalue weighted by atomic mass is 10.1. The Balaban J connectivity index is 1.84. The first kappa shape index (κ1) is 20.7. The molecule has 0 aliphatic heterocycles. The van der Waals surface area contributed by atoms with Gasteiger partial charge in [0, 0.05) is 16.1 Å². The molecule has 0 bridgehead atoms. The van der Waals surface area contributed by atoms with E-state index in [2.05, 4.69) is 103 Å². The van der Waals surface area contributed by atoms with Gasteiger partial charge in [-0.2, -0.15) is 0 Å². The largest absolute Gasteiger partial charge is 0.0865 e. The number of hydrogen-bond donors (Lipinski definition) is 0. The van der Waals surface area contributed by atoms with Crippen molar-refractivity contribution in [2.75, 3.05) is 0 Å². The van der Waals surface area contributed by atoms with Crippen LogP contribution in [-0.4, -0.2) is 22.6 Å². The average molecular weight is 598 g/mol.